The molecule has 136 valence electrons. The topological polar surface area (TPSA) is 52.6 Å². The van der Waals surface area contributed by atoms with E-state index >= 15 is 0 Å². The number of unbranched alkanes of at least 4 members (excludes halogenated alkanes) is 6. The van der Waals surface area contributed by atoms with Gasteiger partial charge in [-0.2, -0.15) is 13.2 Å². The second kappa shape index (κ2) is 13.2. The average Bonchev–Trinajstić information content (AvgIpc) is 2.47. The molecule has 0 aliphatic heterocycles. The maximum absolute atomic E-state index is 11.8. The van der Waals surface area contributed by atoms with Crippen molar-refractivity contribution in [2.75, 3.05) is 13.2 Å². The van der Waals surface area contributed by atoms with E-state index in [4.69, 9.17) is 4.74 Å². The molecular weight excluding hydrogens is 313 g/mol. The molecule has 7 heteroatoms. The zero-order valence-electron chi connectivity index (χ0n) is 13.8. The highest BCUT2D eigenvalue weighted by molar-refractivity contribution is 5.72. The quantitative estimate of drug-likeness (QED) is 0.364. The van der Waals surface area contributed by atoms with Crippen LogP contribution in [-0.2, 0) is 19.1 Å². The van der Waals surface area contributed by atoms with Crippen LogP contribution in [-0.4, -0.2) is 31.3 Å². The molecule has 0 aromatic rings. The zero-order valence-corrected chi connectivity index (χ0v) is 13.8. The van der Waals surface area contributed by atoms with Gasteiger partial charge in [0.05, 0.1) is 6.61 Å². The standard InChI is InChI=1S/C16H27F3O4/c1-2-3-4-5-6-7-8-12-22-14(20)10-9-11-15(21)23-13-16(17,18)19/h2-13H2,1H3. The molecule has 0 unspecified atom stereocenters. The summed E-state index contributed by atoms with van der Waals surface area (Å²) in [7, 11) is 0. The van der Waals surface area contributed by atoms with Crippen LogP contribution in [0.5, 0.6) is 0 Å². The number of esters is 2. The zero-order chi connectivity index (χ0) is 17.6. The van der Waals surface area contributed by atoms with E-state index in [1.165, 1.54) is 25.7 Å². The number of carbonyl (C=O) groups is 2. The number of alkyl halides is 3. The van der Waals surface area contributed by atoms with Crippen molar-refractivity contribution in [3.05, 3.63) is 0 Å². The summed E-state index contributed by atoms with van der Waals surface area (Å²) in [5.74, 6) is -1.39. The number of rotatable bonds is 13. The lowest BCUT2D eigenvalue weighted by molar-refractivity contribution is -0.186. The van der Waals surface area contributed by atoms with E-state index in [-0.39, 0.29) is 19.3 Å². The second-order valence-corrected chi connectivity index (χ2v) is 5.47. The minimum absolute atomic E-state index is 0.0115. The maximum Gasteiger partial charge on any atom is 0.422 e. The Morgan fingerprint density at radius 3 is 1.87 bits per heavy atom. The van der Waals surface area contributed by atoms with Crippen LogP contribution in [0.2, 0.25) is 0 Å². The Bertz CT molecular complexity index is 330. The molecule has 0 rings (SSSR count). The summed E-state index contributed by atoms with van der Waals surface area (Å²) >= 11 is 0. The van der Waals surface area contributed by atoms with Gasteiger partial charge >= 0.3 is 18.1 Å². The summed E-state index contributed by atoms with van der Waals surface area (Å²) in [6.07, 6.45) is 3.25. The van der Waals surface area contributed by atoms with Crippen molar-refractivity contribution in [2.45, 2.75) is 77.3 Å². The summed E-state index contributed by atoms with van der Waals surface area (Å²) in [5.41, 5.74) is 0. The van der Waals surface area contributed by atoms with Gasteiger partial charge in [-0.05, 0) is 12.8 Å². The highest BCUT2D eigenvalue weighted by Crippen LogP contribution is 2.15. The SMILES string of the molecule is CCCCCCCCCOC(=O)CCCC(=O)OCC(F)(F)F. The van der Waals surface area contributed by atoms with Gasteiger partial charge in [0.25, 0.3) is 0 Å². The van der Waals surface area contributed by atoms with E-state index < -0.39 is 24.7 Å². The molecule has 0 aromatic heterocycles. The third-order valence-electron chi connectivity index (χ3n) is 3.17. The third kappa shape index (κ3) is 16.9. The normalized spacial score (nSPS) is 11.3. The molecule has 0 N–H and O–H groups in total. The Morgan fingerprint density at radius 1 is 0.783 bits per heavy atom. The highest BCUT2D eigenvalue weighted by Gasteiger charge is 2.29. The molecule has 0 bridgehead atoms. The molecule has 0 spiro atoms. The number of halogens is 3. The van der Waals surface area contributed by atoms with E-state index in [9.17, 15) is 22.8 Å². The largest absolute Gasteiger partial charge is 0.466 e. The Kier molecular flexibility index (Phi) is 12.5. The van der Waals surface area contributed by atoms with Crippen LogP contribution in [0, 0.1) is 0 Å². The van der Waals surface area contributed by atoms with Gasteiger partial charge in [0.2, 0.25) is 0 Å². The van der Waals surface area contributed by atoms with Crippen molar-refractivity contribution in [1.29, 1.82) is 0 Å². The summed E-state index contributed by atoms with van der Waals surface area (Å²) in [4.78, 5) is 22.4. The van der Waals surface area contributed by atoms with Crippen molar-refractivity contribution in [3.63, 3.8) is 0 Å². The summed E-state index contributed by atoms with van der Waals surface area (Å²) in [6.45, 7) is 0.926. The van der Waals surface area contributed by atoms with Crippen LogP contribution in [0.3, 0.4) is 0 Å². The van der Waals surface area contributed by atoms with Gasteiger partial charge in [-0.1, -0.05) is 45.4 Å². The molecule has 0 fully saturated rings. The minimum atomic E-state index is -4.52. The van der Waals surface area contributed by atoms with Crippen LogP contribution < -0.4 is 0 Å². The smallest absolute Gasteiger partial charge is 0.422 e. The molecule has 0 aliphatic rings. The van der Waals surface area contributed by atoms with E-state index in [2.05, 4.69) is 11.7 Å². The first-order chi connectivity index (χ1) is 10.8. The van der Waals surface area contributed by atoms with E-state index in [1.54, 1.807) is 0 Å². The van der Waals surface area contributed by atoms with Gasteiger partial charge in [-0.15, -0.1) is 0 Å². The van der Waals surface area contributed by atoms with Gasteiger partial charge in [-0.3, -0.25) is 9.59 Å². The van der Waals surface area contributed by atoms with Crippen LogP contribution in [0.1, 0.15) is 71.1 Å². The van der Waals surface area contributed by atoms with Crippen LogP contribution in [0.25, 0.3) is 0 Å². The Morgan fingerprint density at radius 2 is 1.30 bits per heavy atom. The monoisotopic (exact) mass is 340 g/mol. The number of ether oxygens (including phenoxy) is 2. The minimum Gasteiger partial charge on any atom is -0.466 e. The van der Waals surface area contributed by atoms with Gasteiger partial charge in [0.1, 0.15) is 0 Å². The first kappa shape index (κ1) is 21.7. The highest BCUT2D eigenvalue weighted by atomic mass is 19.4. The van der Waals surface area contributed by atoms with Crippen molar-refractivity contribution in [2.24, 2.45) is 0 Å². The molecule has 23 heavy (non-hydrogen) atoms. The van der Waals surface area contributed by atoms with Gasteiger partial charge in [0.15, 0.2) is 6.61 Å². The summed E-state index contributed by atoms with van der Waals surface area (Å²) in [6, 6.07) is 0. The Labute approximate surface area is 135 Å². The average molecular weight is 340 g/mol. The van der Waals surface area contributed by atoms with Crippen molar-refractivity contribution < 1.29 is 32.2 Å². The van der Waals surface area contributed by atoms with E-state index in [0.29, 0.717) is 6.61 Å². The van der Waals surface area contributed by atoms with Crippen LogP contribution in [0.4, 0.5) is 13.2 Å². The number of hydrogen-bond donors (Lipinski definition) is 0. The molecule has 0 amide bonds. The number of hydrogen-bond acceptors (Lipinski definition) is 4. The molecule has 4 nitrogen and oxygen atoms in total. The van der Waals surface area contributed by atoms with Gasteiger partial charge in [0, 0.05) is 12.8 Å². The Balaban J connectivity index is 3.42. The van der Waals surface area contributed by atoms with E-state index in [1.807, 2.05) is 0 Å². The summed E-state index contributed by atoms with van der Waals surface area (Å²) in [5, 5.41) is 0. The lowest BCUT2D eigenvalue weighted by atomic mass is 10.1. The van der Waals surface area contributed by atoms with Gasteiger partial charge < -0.3 is 9.47 Å². The van der Waals surface area contributed by atoms with Crippen molar-refractivity contribution >= 4 is 11.9 Å². The second-order valence-electron chi connectivity index (χ2n) is 5.47. The first-order valence-electron chi connectivity index (χ1n) is 8.23. The van der Waals surface area contributed by atoms with E-state index in [0.717, 1.165) is 19.3 Å². The molecule has 0 radical (unpaired) electrons. The fraction of sp³-hybridized carbons (Fsp3) is 0.875. The van der Waals surface area contributed by atoms with Crippen LogP contribution >= 0.6 is 0 Å². The Hall–Kier alpha value is -1.27. The predicted molar refractivity (Wildman–Crippen MR) is 79.8 cm³/mol. The predicted octanol–water partition coefficient (Wildman–Crippen LogP) is 4.56. The lowest BCUT2D eigenvalue weighted by Crippen LogP contribution is -2.20. The molecule has 0 aromatic carbocycles. The molecular formula is C16H27F3O4. The molecule has 0 aliphatic carbocycles. The molecule has 0 saturated carbocycles. The van der Waals surface area contributed by atoms with Crippen molar-refractivity contribution in [3.8, 4) is 0 Å². The van der Waals surface area contributed by atoms with Gasteiger partial charge in [-0.25, -0.2) is 0 Å². The maximum atomic E-state index is 11.8. The molecule has 0 heterocycles. The first-order valence-corrected chi connectivity index (χ1v) is 8.23. The summed E-state index contributed by atoms with van der Waals surface area (Å²) < 4.78 is 44.4. The lowest BCUT2D eigenvalue weighted by Gasteiger charge is -2.07. The fourth-order valence-electron chi connectivity index (χ4n) is 1.93. The van der Waals surface area contributed by atoms with Crippen LogP contribution in [0.15, 0.2) is 0 Å². The van der Waals surface area contributed by atoms with Crippen molar-refractivity contribution in [1.82, 2.24) is 0 Å². The third-order valence-corrected chi connectivity index (χ3v) is 3.17. The number of carbonyl (C=O) groups excluding carboxylic acids is 2. The fourth-order valence-corrected chi connectivity index (χ4v) is 1.93. The molecule has 0 saturated heterocycles. The molecule has 0 atom stereocenters.